The largest absolute Gasteiger partial charge is 0.494 e. The minimum atomic E-state index is -3.49. The van der Waals surface area contributed by atoms with Gasteiger partial charge in [0, 0.05) is 12.4 Å². The summed E-state index contributed by atoms with van der Waals surface area (Å²) in [6.45, 7) is 3.43. The predicted molar refractivity (Wildman–Crippen MR) is 74.9 cm³/mol. The second-order valence-electron chi connectivity index (χ2n) is 4.02. The molecule has 0 amide bonds. The standard InChI is InChI=1S/C12H15N3O3S/c1-4-7-19(16,17)14-11-10(18-3)6-5-9-8-13-15(2)12(9)11/h4-6,8,14H,1,7H2,2-3H3. The third-order valence-corrected chi connectivity index (χ3v) is 3.87. The maximum absolute atomic E-state index is 11.9. The van der Waals surface area contributed by atoms with Gasteiger partial charge in [0.05, 0.1) is 24.6 Å². The molecule has 2 rings (SSSR count). The zero-order chi connectivity index (χ0) is 14.0. The third kappa shape index (κ3) is 2.55. The van der Waals surface area contributed by atoms with Crippen LogP contribution in [0.2, 0.25) is 0 Å². The Morgan fingerprint density at radius 1 is 1.53 bits per heavy atom. The van der Waals surface area contributed by atoms with Crippen LogP contribution in [0.25, 0.3) is 10.9 Å². The number of nitrogens with one attached hydrogen (secondary N) is 1. The van der Waals surface area contributed by atoms with Crippen molar-refractivity contribution in [3.05, 3.63) is 31.0 Å². The van der Waals surface area contributed by atoms with Crippen molar-refractivity contribution in [2.45, 2.75) is 0 Å². The Morgan fingerprint density at radius 3 is 2.89 bits per heavy atom. The first kappa shape index (κ1) is 13.4. The Hall–Kier alpha value is -2.02. The molecule has 0 saturated heterocycles. The molecule has 1 N–H and O–H groups in total. The summed E-state index contributed by atoms with van der Waals surface area (Å²) in [6, 6.07) is 3.53. The molecule has 0 spiro atoms. The molecule has 0 aliphatic rings. The lowest BCUT2D eigenvalue weighted by molar-refractivity contribution is 0.417. The first-order chi connectivity index (χ1) is 8.98. The molecular weight excluding hydrogens is 266 g/mol. The van der Waals surface area contributed by atoms with E-state index in [0.717, 1.165) is 5.39 Å². The SMILES string of the molecule is C=CCS(=O)(=O)Nc1c(OC)ccc2cnn(C)c12. The number of hydrogen-bond donors (Lipinski definition) is 1. The van der Waals surface area contributed by atoms with Gasteiger partial charge in [-0.1, -0.05) is 6.08 Å². The fourth-order valence-electron chi connectivity index (χ4n) is 1.87. The molecule has 0 saturated carbocycles. The number of fused-ring (bicyclic) bond motifs is 1. The number of benzene rings is 1. The van der Waals surface area contributed by atoms with Crippen LogP contribution in [0.4, 0.5) is 5.69 Å². The van der Waals surface area contributed by atoms with Gasteiger partial charge in [0.2, 0.25) is 10.0 Å². The molecule has 2 aromatic rings. The highest BCUT2D eigenvalue weighted by Crippen LogP contribution is 2.33. The van der Waals surface area contributed by atoms with Gasteiger partial charge in [-0.25, -0.2) is 8.42 Å². The van der Waals surface area contributed by atoms with Gasteiger partial charge in [-0.15, -0.1) is 6.58 Å². The van der Waals surface area contributed by atoms with Gasteiger partial charge in [0.1, 0.15) is 11.4 Å². The average molecular weight is 281 g/mol. The molecule has 1 heterocycles. The van der Waals surface area contributed by atoms with Crippen LogP contribution in [0.5, 0.6) is 5.75 Å². The zero-order valence-corrected chi connectivity index (χ0v) is 11.6. The summed E-state index contributed by atoms with van der Waals surface area (Å²) in [7, 11) is -0.261. The first-order valence-corrected chi connectivity index (χ1v) is 7.24. The van der Waals surface area contributed by atoms with E-state index < -0.39 is 10.0 Å². The molecule has 102 valence electrons. The van der Waals surface area contributed by atoms with E-state index >= 15 is 0 Å². The molecule has 19 heavy (non-hydrogen) atoms. The van der Waals surface area contributed by atoms with Crippen LogP contribution in [-0.2, 0) is 17.1 Å². The molecule has 0 radical (unpaired) electrons. The van der Waals surface area contributed by atoms with E-state index in [0.29, 0.717) is 17.0 Å². The van der Waals surface area contributed by atoms with Crippen LogP contribution in [0.1, 0.15) is 0 Å². The Labute approximate surface area is 111 Å². The van der Waals surface area contributed by atoms with E-state index in [9.17, 15) is 8.42 Å². The third-order valence-electron chi connectivity index (χ3n) is 2.68. The average Bonchev–Trinajstić information content (AvgIpc) is 2.71. The molecule has 0 aliphatic heterocycles. The molecule has 7 heteroatoms. The van der Waals surface area contributed by atoms with Crippen molar-refractivity contribution in [3.8, 4) is 5.75 Å². The van der Waals surface area contributed by atoms with Crippen molar-refractivity contribution in [2.24, 2.45) is 7.05 Å². The van der Waals surface area contributed by atoms with Gasteiger partial charge in [-0.2, -0.15) is 5.10 Å². The highest BCUT2D eigenvalue weighted by atomic mass is 32.2. The van der Waals surface area contributed by atoms with E-state index in [1.165, 1.54) is 13.2 Å². The predicted octanol–water partition coefficient (Wildman–Crippen LogP) is 1.51. The molecule has 1 aromatic heterocycles. The summed E-state index contributed by atoms with van der Waals surface area (Å²) in [6.07, 6.45) is 3.00. The summed E-state index contributed by atoms with van der Waals surface area (Å²) in [5.41, 5.74) is 1.06. The molecule has 0 unspecified atom stereocenters. The number of aryl methyl sites for hydroxylation is 1. The topological polar surface area (TPSA) is 73.2 Å². The number of sulfonamides is 1. The van der Waals surface area contributed by atoms with Gasteiger partial charge in [-0.05, 0) is 12.1 Å². The Bertz CT molecular complexity index is 719. The number of hydrogen-bond acceptors (Lipinski definition) is 4. The smallest absolute Gasteiger partial charge is 0.236 e. The summed E-state index contributed by atoms with van der Waals surface area (Å²) < 4.78 is 33.1. The van der Waals surface area contributed by atoms with Gasteiger partial charge in [0.15, 0.2) is 0 Å². The van der Waals surface area contributed by atoms with Gasteiger partial charge in [0.25, 0.3) is 0 Å². The zero-order valence-electron chi connectivity index (χ0n) is 10.8. The maximum atomic E-state index is 11.9. The lowest BCUT2D eigenvalue weighted by Gasteiger charge is -2.12. The van der Waals surface area contributed by atoms with Crippen molar-refractivity contribution in [2.75, 3.05) is 17.6 Å². The van der Waals surface area contributed by atoms with Crippen molar-refractivity contribution < 1.29 is 13.2 Å². The molecule has 0 fully saturated rings. The lowest BCUT2D eigenvalue weighted by Crippen LogP contribution is -2.16. The second kappa shape index (κ2) is 4.93. The van der Waals surface area contributed by atoms with Crippen LogP contribution in [0, 0.1) is 0 Å². The van der Waals surface area contributed by atoms with E-state index in [2.05, 4.69) is 16.4 Å². The summed E-state index contributed by atoms with van der Waals surface area (Å²) >= 11 is 0. The van der Waals surface area contributed by atoms with E-state index in [1.54, 1.807) is 24.0 Å². The van der Waals surface area contributed by atoms with E-state index in [1.807, 2.05) is 6.07 Å². The van der Waals surface area contributed by atoms with Gasteiger partial charge >= 0.3 is 0 Å². The van der Waals surface area contributed by atoms with Crippen molar-refractivity contribution >= 4 is 26.6 Å². The summed E-state index contributed by atoms with van der Waals surface area (Å²) in [5, 5.41) is 4.95. The molecule has 0 aliphatic carbocycles. The second-order valence-corrected chi connectivity index (χ2v) is 5.79. The summed E-state index contributed by atoms with van der Waals surface area (Å²) in [4.78, 5) is 0. The molecule has 0 atom stereocenters. The molecular formula is C12H15N3O3S. The monoisotopic (exact) mass is 281 g/mol. The quantitative estimate of drug-likeness (QED) is 0.843. The van der Waals surface area contributed by atoms with Crippen molar-refractivity contribution in [1.29, 1.82) is 0 Å². The van der Waals surface area contributed by atoms with Crippen LogP contribution in [0.3, 0.4) is 0 Å². The van der Waals surface area contributed by atoms with Crippen LogP contribution >= 0.6 is 0 Å². The number of aromatic nitrogens is 2. The molecule has 6 nitrogen and oxygen atoms in total. The first-order valence-electron chi connectivity index (χ1n) is 5.58. The van der Waals surface area contributed by atoms with E-state index in [4.69, 9.17) is 4.74 Å². The van der Waals surface area contributed by atoms with Crippen LogP contribution in [-0.4, -0.2) is 31.1 Å². The molecule has 1 aromatic carbocycles. The fraction of sp³-hybridized carbons (Fsp3) is 0.250. The Balaban J connectivity index is 2.62. The minimum absolute atomic E-state index is 0.162. The van der Waals surface area contributed by atoms with E-state index in [-0.39, 0.29) is 5.75 Å². The number of rotatable bonds is 5. The summed E-state index contributed by atoms with van der Waals surface area (Å²) in [5.74, 6) is 0.286. The number of methoxy groups -OCH3 is 1. The van der Waals surface area contributed by atoms with Crippen molar-refractivity contribution in [3.63, 3.8) is 0 Å². The van der Waals surface area contributed by atoms with Gasteiger partial charge < -0.3 is 4.74 Å². The Kier molecular flexibility index (Phi) is 3.48. The Morgan fingerprint density at radius 2 is 2.26 bits per heavy atom. The van der Waals surface area contributed by atoms with Crippen LogP contribution < -0.4 is 9.46 Å². The van der Waals surface area contributed by atoms with Gasteiger partial charge in [-0.3, -0.25) is 9.40 Å². The number of ether oxygens (including phenoxy) is 1. The normalized spacial score (nSPS) is 11.5. The fourth-order valence-corrected chi connectivity index (χ4v) is 2.77. The number of nitrogens with zero attached hydrogens (tertiary/aromatic N) is 2. The highest BCUT2D eigenvalue weighted by molar-refractivity contribution is 7.92. The minimum Gasteiger partial charge on any atom is -0.494 e. The number of anilines is 1. The molecule has 0 bridgehead atoms. The lowest BCUT2D eigenvalue weighted by atomic mass is 10.2. The maximum Gasteiger partial charge on any atom is 0.236 e. The highest BCUT2D eigenvalue weighted by Gasteiger charge is 2.17. The van der Waals surface area contributed by atoms with Crippen molar-refractivity contribution in [1.82, 2.24) is 9.78 Å². The van der Waals surface area contributed by atoms with Crippen LogP contribution in [0.15, 0.2) is 31.0 Å².